The number of nitrogens with zero attached hydrogens (tertiary/aromatic N) is 2. The summed E-state index contributed by atoms with van der Waals surface area (Å²) in [6.07, 6.45) is 4.02. The molecular weight excluding hydrogens is 368 g/mol. The lowest BCUT2D eigenvalue weighted by Crippen LogP contribution is -2.40. The fraction of sp³-hybridized carbons (Fsp3) is 0.650. The Labute approximate surface area is 165 Å². The molecule has 8 heteroatoms. The molecule has 0 atom stereocenters. The van der Waals surface area contributed by atoms with Gasteiger partial charge in [-0.25, -0.2) is 0 Å². The second-order valence-electron chi connectivity index (χ2n) is 6.85. The fourth-order valence-corrected chi connectivity index (χ4v) is 3.29. The van der Waals surface area contributed by atoms with Crippen LogP contribution in [0.1, 0.15) is 24.8 Å². The zero-order valence-electron chi connectivity index (χ0n) is 16.9. The lowest BCUT2D eigenvalue weighted by atomic mass is 9.96. The molecule has 0 bridgehead atoms. The van der Waals surface area contributed by atoms with Gasteiger partial charge in [-0.2, -0.15) is 8.78 Å². The molecule has 1 fully saturated rings. The van der Waals surface area contributed by atoms with Gasteiger partial charge in [-0.15, -0.1) is 0 Å². The number of rotatable bonds is 9. The summed E-state index contributed by atoms with van der Waals surface area (Å²) in [5.41, 5.74) is 0.879. The maximum absolute atomic E-state index is 12.5. The number of alkyl halides is 2. The van der Waals surface area contributed by atoms with Crippen LogP contribution in [0.2, 0.25) is 0 Å². The van der Waals surface area contributed by atoms with Crippen molar-refractivity contribution in [2.24, 2.45) is 10.9 Å². The first kappa shape index (κ1) is 22.2. The maximum Gasteiger partial charge on any atom is 0.387 e. The predicted octanol–water partition coefficient (Wildman–Crippen LogP) is 3.16. The highest BCUT2D eigenvalue weighted by atomic mass is 19.3. The molecule has 0 aliphatic carbocycles. The van der Waals surface area contributed by atoms with Crippen molar-refractivity contribution in [3.63, 3.8) is 0 Å². The van der Waals surface area contributed by atoms with Gasteiger partial charge in [0.1, 0.15) is 0 Å². The van der Waals surface area contributed by atoms with Gasteiger partial charge < -0.3 is 24.4 Å². The Hall–Kier alpha value is -2.09. The third-order valence-electron chi connectivity index (χ3n) is 4.93. The van der Waals surface area contributed by atoms with Crippen LogP contribution in [0, 0.1) is 5.92 Å². The summed E-state index contributed by atoms with van der Waals surface area (Å²) in [6, 6.07) is 5.07. The van der Waals surface area contributed by atoms with Gasteiger partial charge in [0.2, 0.25) is 0 Å². The van der Waals surface area contributed by atoms with Crippen molar-refractivity contribution in [1.82, 2.24) is 10.2 Å². The van der Waals surface area contributed by atoms with E-state index in [1.54, 1.807) is 19.2 Å². The van der Waals surface area contributed by atoms with Crippen molar-refractivity contribution in [3.05, 3.63) is 23.8 Å². The largest absolute Gasteiger partial charge is 0.493 e. The molecule has 0 spiro atoms. The van der Waals surface area contributed by atoms with E-state index < -0.39 is 6.61 Å². The first-order chi connectivity index (χ1) is 13.5. The Bertz CT molecular complexity index is 623. The lowest BCUT2D eigenvalue weighted by molar-refractivity contribution is -0.0512. The van der Waals surface area contributed by atoms with Crippen molar-refractivity contribution < 1.29 is 23.0 Å². The highest BCUT2D eigenvalue weighted by Crippen LogP contribution is 2.29. The molecular formula is C20H31F2N3O3. The van der Waals surface area contributed by atoms with Crippen molar-refractivity contribution in [2.45, 2.75) is 32.3 Å². The van der Waals surface area contributed by atoms with E-state index in [1.807, 2.05) is 13.1 Å². The van der Waals surface area contributed by atoms with E-state index in [4.69, 9.17) is 9.47 Å². The fourth-order valence-electron chi connectivity index (χ4n) is 3.29. The molecule has 0 aromatic heterocycles. The minimum absolute atomic E-state index is 0.0490. The van der Waals surface area contributed by atoms with Gasteiger partial charge in [0, 0.05) is 40.4 Å². The van der Waals surface area contributed by atoms with Crippen molar-refractivity contribution in [1.29, 1.82) is 0 Å². The molecule has 1 aliphatic heterocycles. The highest BCUT2D eigenvalue weighted by Gasteiger charge is 2.15. The van der Waals surface area contributed by atoms with E-state index in [2.05, 4.69) is 19.9 Å². The van der Waals surface area contributed by atoms with Crippen LogP contribution in [0.4, 0.5) is 8.78 Å². The van der Waals surface area contributed by atoms with Gasteiger partial charge in [0.25, 0.3) is 0 Å². The summed E-state index contributed by atoms with van der Waals surface area (Å²) in [7, 11) is 5.21. The van der Waals surface area contributed by atoms with Gasteiger partial charge in [0.05, 0.1) is 7.11 Å². The van der Waals surface area contributed by atoms with Gasteiger partial charge in [-0.1, -0.05) is 6.07 Å². The van der Waals surface area contributed by atoms with Crippen LogP contribution in [-0.4, -0.2) is 65.0 Å². The van der Waals surface area contributed by atoms with Crippen LogP contribution in [0.5, 0.6) is 11.5 Å². The zero-order valence-corrected chi connectivity index (χ0v) is 16.9. The van der Waals surface area contributed by atoms with Crippen molar-refractivity contribution >= 4 is 5.96 Å². The third kappa shape index (κ3) is 7.14. The van der Waals surface area contributed by atoms with Crippen LogP contribution in [0.25, 0.3) is 0 Å². The van der Waals surface area contributed by atoms with Gasteiger partial charge >= 0.3 is 6.61 Å². The summed E-state index contributed by atoms with van der Waals surface area (Å²) in [6.45, 7) is 0.403. The number of ether oxygens (including phenoxy) is 3. The molecule has 0 radical (unpaired) electrons. The average molecular weight is 399 g/mol. The third-order valence-corrected chi connectivity index (χ3v) is 4.93. The minimum Gasteiger partial charge on any atom is -0.493 e. The van der Waals surface area contributed by atoms with Crippen LogP contribution >= 0.6 is 0 Å². The SMILES string of the molecule is CN=C(NCCc1ccc(OC)c(OC(F)F)c1)N(C)CCC1CCOCC1. The number of guanidine groups is 1. The molecule has 1 aromatic rings. The number of benzene rings is 1. The standard InChI is InChI=1S/C20H31F2N3O3/c1-23-20(25(2)11-7-15-8-12-27-13-9-15)24-10-6-16-4-5-17(26-3)18(14-16)28-19(21)22/h4-5,14-15,19H,6-13H2,1-3H3,(H,23,24). The Morgan fingerprint density at radius 3 is 2.71 bits per heavy atom. The minimum atomic E-state index is -2.88. The van der Waals surface area contributed by atoms with Crippen molar-refractivity contribution in [2.75, 3.05) is 47.5 Å². The molecule has 0 amide bonds. The normalized spacial score (nSPS) is 15.6. The van der Waals surface area contributed by atoms with Gasteiger partial charge in [0.15, 0.2) is 17.5 Å². The van der Waals surface area contributed by atoms with E-state index >= 15 is 0 Å². The van der Waals surface area contributed by atoms with E-state index in [1.165, 1.54) is 7.11 Å². The molecule has 158 valence electrons. The molecule has 1 aliphatic rings. The van der Waals surface area contributed by atoms with Crippen LogP contribution in [-0.2, 0) is 11.2 Å². The van der Waals surface area contributed by atoms with E-state index in [9.17, 15) is 8.78 Å². The first-order valence-electron chi connectivity index (χ1n) is 9.64. The number of methoxy groups -OCH3 is 1. The lowest BCUT2D eigenvalue weighted by Gasteiger charge is -2.26. The van der Waals surface area contributed by atoms with Gasteiger partial charge in [-0.05, 0) is 49.3 Å². The Morgan fingerprint density at radius 1 is 1.32 bits per heavy atom. The molecule has 6 nitrogen and oxygen atoms in total. The topological polar surface area (TPSA) is 55.3 Å². The number of aliphatic imine (C=N–C) groups is 1. The quantitative estimate of drug-likeness (QED) is 0.511. The van der Waals surface area contributed by atoms with E-state index in [-0.39, 0.29) is 5.75 Å². The molecule has 1 heterocycles. The summed E-state index contributed by atoms with van der Waals surface area (Å²) in [4.78, 5) is 6.45. The van der Waals surface area contributed by atoms with Crippen molar-refractivity contribution in [3.8, 4) is 11.5 Å². The average Bonchev–Trinajstić information content (AvgIpc) is 2.70. The molecule has 0 unspecified atom stereocenters. The summed E-state index contributed by atoms with van der Waals surface area (Å²) in [5, 5.41) is 3.33. The van der Waals surface area contributed by atoms with E-state index in [0.29, 0.717) is 24.6 Å². The second kappa shape index (κ2) is 11.7. The zero-order chi connectivity index (χ0) is 20.4. The summed E-state index contributed by atoms with van der Waals surface area (Å²) >= 11 is 0. The van der Waals surface area contributed by atoms with Crippen LogP contribution < -0.4 is 14.8 Å². The summed E-state index contributed by atoms with van der Waals surface area (Å²) < 4.78 is 40.1. The Balaban J connectivity index is 1.81. The molecule has 1 saturated heterocycles. The van der Waals surface area contributed by atoms with E-state index in [0.717, 1.165) is 50.5 Å². The molecule has 28 heavy (non-hydrogen) atoms. The first-order valence-corrected chi connectivity index (χ1v) is 9.64. The Kier molecular flexibility index (Phi) is 9.27. The van der Waals surface area contributed by atoms with Crippen LogP contribution in [0.3, 0.4) is 0 Å². The monoisotopic (exact) mass is 399 g/mol. The molecule has 1 aromatic carbocycles. The second-order valence-corrected chi connectivity index (χ2v) is 6.85. The highest BCUT2D eigenvalue weighted by molar-refractivity contribution is 5.79. The number of hydrogen-bond donors (Lipinski definition) is 1. The summed E-state index contributed by atoms with van der Waals surface area (Å²) in [5.74, 6) is 1.88. The van der Waals surface area contributed by atoms with Crippen LogP contribution in [0.15, 0.2) is 23.2 Å². The predicted molar refractivity (Wildman–Crippen MR) is 105 cm³/mol. The molecule has 1 N–H and O–H groups in total. The smallest absolute Gasteiger partial charge is 0.387 e. The maximum atomic E-state index is 12.5. The molecule has 0 saturated carbocycles. The number of halogens is 2. The molecule has 2 rings (SSSR count). The number of hydrogen-bond acceptors (Lipinski definition) is 4. The Morgan fingerprint density at radius 2 is 2.07 bits per heavy atom. The van der Waals surface area contributed by atoms with Gasteiger partial charge in [-0.3, -0.25) is 4.99 Å². The number of nitrogens with one attached hydrogen (secondary N) is 1.